The van der Waals surface area contributed by atoms with Crippen LogP contribution in [0.15, 0.2) is 30.3 Å². The second kappa shape index (κ2) is 8.76. The number of aryl methyl sites for hydroxylation is 1. The quantitative estimate of drug-likeness (QED) is 0.860. The van der Waals surface area contributed by atoms with Crippen LogP contribution < -0.4 is 11.5 Å². The number of nitrogens with two attached hydrogens (primary N) is 2. The zero-order valence-corrected chi connectivity index (χ0v) is 10.7. The first-order valence-corrected chi connectivity index (χ1v) is 4.83. The van der Waals surface area contributed by atoms with Crippen molar-refractivity contribution in [2.45, 2.75) is 18.5 Å². The van der Waals surface area contributed by atoms with Crippen molar-refractivity contribution in [3.63, 3.8) is 0 Å². The van der Waals surface area contributed by atoms with E-state index in [9.17, 15) is 4.39 Å². The van der Waals surface area contributed by atoms with Gasteiger partial charge in [-0.15, -0.1) is 24.8 Å². The molecule has 1 aromatic rings. The Morgan fingerprint density at radius 1 is 1.00 bits per heavy atom. The molecule has 0 aliphatic carbocycles. The molecule has 0 atom stereocenters. The van der Waals surface area contributed by atoms with Crippen molar-refractivity contribution in [1.29, 1.82) is 0 Å². The van der Waals surface area contributed by atoms with Gasteiger partial charge in [0.25, 0.3) is 0 Å². The number of rotatable bonds is 5. The zero-order chi connectivity index (χ0) is 10.4. The first kappa shape index (κ1) is 18.0. The average molecular weight is 269 g/mol. The van der Waals surface area contributed by atoms with Crippen LogP contribution in [0.4, 0.5) is 4.39 Å². The van der Waals surface area contributed by atoms with E-state index in [0.717, 1.165) is 5.56 Å². The summed E-state index contributed by atoms with van der Waals surface area (Å²) in [6.45, 7) is -0.00727. The molecule has 0 amide bonds. The summed E-state index contributed by atoms with van der Waals surface area (Å²) >= 11 is 0. The first-order chi connectivity index (χ1) is 6.70. The maximum Gasteiger partial charge on any atom is 0.135 e. The van der Waals surface area contributed by atoms with Gasteiger partial charge < -0.3 is 11.5 Å². The van der Waals surface area contributed by atoms with Crippen LogP contribution in [0.25, 0.3) is 0 Å². The van der Waals surface area contributed by atoms with E-state index in [4.69, 9.17) is 11.5 Å². The van der Waals surface area contributed by atoms with Crippen molar-refractivity contribution in [3.8, 4) is 0 Å². The van der Waals surface area contributed by atoms with Crippen molar-refractivity contribution >= 4 is 24.8 Å². The predicted octanol–water partition coefficient (Wildman–Crippen LogP) is 2.09. The van der Waals surface area contributed by atoms with E-state index >= 15 is 0 Å². The Hall–Kier alpha value is -0.350. The molecular formula is C11H19Cl2FN2. The molecule has 0 aliphatic heterocycles. The van der Waals surface area contributed by atoms with Gasteiger partial charge in [0.1, 0.15) is 5.67 Å². The van der Waals surface area contributed by atoms with E-state index in [1.807, 2.05) is 30.3 Å². The van der Waals surface area contributed by atoms with Crippen molar-refractivity contribution < 1.29 is 4.39 Å². The number of hydrogen-bond donors (Lipinski definition) is 2. The van der Waals surface area contributed by atoms with Gasteiger partial charge in [0.05, 0.1) is 0 Å². The summed E-state index contributed by atoms with van der Waals surface area (Å²) in [4.78, 5) is 0. The Morgan fingerprint density at radius 3 is 1.94 bits per heavy atom. The smallest absolute Gasteiger partial charge is 0.135 e. The highest BCUT2D eigenvalue weighted by molar-refractivity contribution is 5.85. The van der Waals surface area contributed by atoms with Crippen molar-refractivity contribution in [3.05, 3.63) is 35.9 Å². The van der Waals surface area contributed by atoms with E-state index in [-0.39, 0.29) is 37.9 Å². The maximum atomic E-state index is 13.7. The molecule has 5 heteroatoms. The Morgan fingerprint density at radius 2 is 1.50 bits per heavy atom. The molecule has 0 spiro atoms. The Balaban J connectivity index is 0. The lowest BCUT2D eigenvalue weighted by Crippen LogP contribution is -2.41. The molecule has 2 nitrogen and oxygen atoms in total. The van der Waals surface area contributed by atoms with Gasteiger partial charge >= 0.3 is 0 Å². The van der Waals surface area contributed by atoms with Gasteiger partial charge in [-0.05, 0) is 18.4 Å². The minimum atomic E-state index is -1.41. The number of hydrogen-bond acceptors (Lipinski definition) is 2. The second-order valence-corrected chi connectivity index (χ2v) is 3.54. The third kappa shape index (κ3) is 5.66. The summed E-state index contributed by atoms with van der Waals surface area (Å²) in [5, 5.41) is 0. The number of benzene rings is 1. The van der Waals surface area contributed by atoms with E-state index < -0.39 is 5.67 Å². The van der Waals surface area contributed by atoms with Crippen molar-refractivity contribution in [1.82, 2.24) is 0 Å². The van der Waals surface area contributed by atoms with Gasteiger partial charge in [0.15, 0.2) is 0 Å². The van der Waals surface area contributed by atoms with E-state index in [0.29, 0.717) is 12.8 Å². The third-order valence-corrected chi connectivity index (χ3v) is 2.44. The van der Waals surface area contributed by atoms with Crippen LogP contribution in [0.1, 0.15) is 12.0 Å². The normalized spacial score (nSPS) is 10.2. The molecule has 0 saturated carbocycles. The third-order valence-electron chi connectivity index (χ3n) is 2.44. The molecule has 0 fully saturated rings. The van der Waals surface area contributed by atoms with Crippen LogP contribution in [-0.4, -0.2) is 18.8 Å². The van der Waals surface area contributed by atoms with Gasteiger partial charge in [-0.2, -0.15) is 0 Å². The lowest BCUT2D eigenvalue weighted by atomic mass is 9.97. The van der Waals surface area contributed by atoms with Crippen LogP contribution >= 0.6 is 24.8 Å². The lowest BCUT2D eigenvalue weighted by molar-refractivity contribution is 0.170. The highest BCUT2D eigenvalue weighted by Crippen LogP contribution is 2.16. The molecule has 0 radical (unpaired) electrons. The monoisotopic (exact) mass is 268 g/mol. The van der Waals surface area contributed by atoms with Crippen molar-refractivity contribution in [2.24, 2.45) is 11.5 Å². The van der Waals surface area contributed by atoms with Gasteiger partial charge in [-0.3, -0.25) is 0 Å². The first-order valence-electron chi connectivity index (χ1n) is 4.83. The molecule has 0 unspecified atom stereocenters. The summed E-state index contributed by atoms with van der Waals surface area (Å²) in [5.74, 6) is 0. The SMILES string of the molecule is Cl.Cl.NCC(F)(CN)CCc1ccccc1. The second-order valence-electron chi connectivity index (χ2n) is 3.54. The van der Waals surface area contributed by atoms with E-state index in [2.05, 4.69) is 0 Å². The van der Waals surface area contributed by atoms with Crippen LogP contribution in [0, 0.1) is 0 Å². The van der Waals surface area contributed by atoms with Gasteiger partial charge in [-0.1, -0.05) is 30.3 Å². The summed E-state index contributed by atoms with van der Waals surface area (Å²) in [6.07, 6.45) is 1.08. The molecule has 0 saturated heterocycles. The van der Waals surface area contributed by atoms with Crippen molar-refractivity contribution in [2.75, 3.05) is 13.1 Å². The Kier molecular flexibility index (Phi) is 9.87. The minimum absolute atomic E-state index is 0. The topological polar surface area (TPSA) is 52.0 Å². The van der Waals surface area contributed by atoms with Crippen LogP contribution in [0.5, 0.6) is 0 Å². The van der Waals surface area contributed by atoms with Gasteiger partial charge in [0, 0.05) is 13.1 Å². The lowest BCUT2D eigenvalue weighted by Gasteiger charge is -2.21. The molecule has 1 aromatic carbocycles. The van der Waals surface area contributed by atoms with Gasteiger partial charge in [0.2, 0.25) is 0 Å². The van der Waals surface area contributed by atoms with Crippen LogP contribution in [0.2, 0.25) is 0 Å². The molecule has 0 aromatic heterocycles. The molecule has 94 valence electrons. The largest absolute Gasteiger partial charge is 0.327 e. The standard InChI is InChI=1S/C11H17FN2.2ClH/c12-11(8-13,9-14)7-6-10-4-2-1-3-5-10;;/h1-5H,6-9,13-14H2;2*1H. The Bertz CT molecular complexity index is 266. The molecule has 0 heterocycles. The van der Waals surface area contributed by atoms with Crippen LogP contribution in [-0.2, 0) is 6.42 Å². The maximum absolute atomic E-state index is 13.7. The Labute approximate surface area is 108 Å². The molecule has 1 rings (SSSR count). The molecule has 16 heavy (non-hydrogen) atoms. The molecule has 0 bridgehead atoms. The highest BCUT2D eigenvalue weighted by atomic mass is 35.5. The van der Waals surface area contributed by atoms with E-state index in [1.54, 1.807) is 0 Å². The fourth-order valence-electron chi connectivity index (χ4n) is 1.30. The molecule has 4 N–H and O–H groups in total. The molecular weight excluding hydrogens is 250 g/mol. The fraction of sp³-hybridized carbons (Fsp3) is 0.455. The fourth-order valence-corrected chi connectivity index (χ4v) is 1.30. The zero-order valence-electron chi connectivity index (χ0n) is 9.06. The molecule has 0 aliphatic rings. The summed E-state index contributed by atoms with van der Waals surface area (Å²) in [6, 6.07) is 9.79. The highest BCUT2D eigenvalue weighted by Gasteiger charge is 2.25. The number of alkyl halides is 1. The van der Waals surface area contributed by atoms with Gasteiger partial charge in [-0.25, -0.2) is 4.39 Å². The number of halogens is 3. The predicted molar refractivity (Wildman–Crippen MR) is 71.2 cm³/mol. The van der Waals surface area contributed by atoms with E-state index in [1.165, 1.54) is 0 Å². The summed E-state index contributed by atoms with van der Waals surface area (Å²) < 4.78 is 13.7. The summed E-state index contributed by atoms with van der Waals surface area (Å²) in [5.41, 5.74) is 10.4. The van der Waals surface area contributed by atoms with Crippen LogP contribution in [0.3, 0.4) is 0 Å². The average Bonchev–Trinajstić information content (AvgIpc) is 2.27. The minimum Gasteiger partial charge on any atom is -0.327 e. The summed E-state index contributed by atoms with van der Waals surface area (Å²) in [7, 11) is 0.